The lowest BCUT2D eigenvalue weighted by molar-refractivity contribution is 0.142. The fourth-order valence-corrected chi connectivity index (χ4v) is 8.68. The van der Waals surface area contributed by atoms with E-state index in [1.807, 2.05) is 30.3 Å². The third-order valence-corrected chi connectivity index (χ3v) is 10.6. The first kappa shape index (κ1) is 19.1. The van der Waals surface area contributed by atoms with Gasteiger partial charge in [0.15, 0.2) is 0 Å². The van der Waals surface area contributed by atoms with Crippen LogP contribution in [0.1, 0.15) is 47.1 Å². The van der Waals surface area contributed by atoms with Gasteiger partial charge in [0.2, 0.25) is 0 Å². The highest BCUT2D eigenvalue weighted by atomic mass is 35.5. The molecule has 0 saturated heterocycles. The highest BCUT2D eigenvalue weighted by Gasteiger charge is 2.47. The van der Waals surface area contributed by atoms with Crippen molar-refractivity contribution >= 4 is 26.0 Å². The van der Waals surface area contributed by atoms with E-state index in [0.717, 1.165) is 10.6 Å². The fraction of sp³-hybridized carbons (Fsp3) is 0.556. The Morgan fingerprint density at radius 1 is 0.955 bits per heavy atom. The zero-order valence-electron chi connectivity index (χ0n) is 14.8. The molecule has 22 heavy (non-hydrogen) atoms. The van der Waals surface area contributed by atoms with Crippen LogP contribution in [0.25, 0.3) is 6.08 Å². The zero-order valence-corrected chi connectivity index (χ0v) is 16.6. The summed E-state index contributed by atoms with van der Waals surface area (Å²) in [6.07, 6.45) is 1.95. The Morgan fingerprint density at radius 3 is 1.77 bits per heavy atom. The Kier molecular flexibility index (Phi) is 7.01. The average molecular weight is 341 g/mol. The summed E-state index contributed by atoms with van der Waals surface area (Å²) < 4.78 is 12.1. The van der Waals surface area contributed by atoms with Gasteiger partial charge in [0.1, 0.15) is 0 Å². The molecule has 0 unspecified atom stereocenters. The van der Waals surface area contributed by atoms with Crippen LogP contribution in [0.3, 0.4) is 0 Å². The van der Waals surface area contributed by atoms with E-state index < -0.39 is 8.32 Å². The largest absolute Gasteiger partial charge is 0.518 e. The van der Waals surface area contributed by atoms with E-state index in [4.69, 9.17) is 20.8 Å². The van der Waals surface area contributed by atoms with E-state index in [0.29, 0.717) is 22.6 Å². The topological polar surface area (TPSA) is 18.5 Å². The summed E-state index contributed by atoms with van der Waals surface area (Å²) in [7, 11) is -0.327. The van der Waals surface area contributed by atoms with Crippen LogP contribution in [0.5, 0.6) is 0 Å². The third-order valence-electron chi connectivity index (χ3n) is 4.34. The summed E-state index contributed by atoms with van der Waals surface area (Å²) in [6, 6.07) is 7.68. The highest BCUT2D eigenvalue weighted by molar-refractivity contribution is 6.77. The first-order valence-corrected chi connectivity index (χ1v) is 10.5. The van der Waals surface area contributed by atoms with Gasteiger partial charge in [0.05, 0.1) is 7.11 Å². The Labute approximate surface area is 141 Å². The van der Waals surface area contributed by atoms with E-state index in [1.54, 1.807) is 7.11 Å². The summed E-state index contributed by atoms with van der Waals surface area (Å²) >= 11 is 5.94. The number of ether oxygens (including phenoxy) is 1. The molecule has 0 aliphatic carbocycles. The second kappa shape index (κ2) is 8.07. The molecule has 2 nitrogen and oxygen atoms in total. The molecule has 0 N–H and O–H groups in total. The zero-order chi connectivity index (χ0) is 16.9. The predicted octanol–water partition coefficient (Wildman–Crippen LogP) is 6.48. The van der Waals surface area contributed by atoms with Crippen molar-refractivity contribution < 1.29 is 9.16 Å². The van der Waals surface area contributed by atoms with Gasteiger partial charge in [-0.25, -0.2) is 0 Å². The minimum absolute atomic E-state index is 0.510. The number of hydrogen-bond acceptors (Lipinski definition) is 2. The van der Waals surface area contributed by atoms with Crippen molar-refractivity contribution in [3.05, 3.63) is 40.8 Å². The molecule has 0 atom stereocenters. The lowest BCUT2D eigenvalue weighted by Crippen LogP contribution is -2.47. The molecular weight excluding hydrogens is 312 g/mol. The van der Waals surface area contributed by atoms with Crippen molar-refractivity contribution in [1.82, 2.24) is 0 Å². The van der Waals surface area contributed by atoms with Crippen molar-refractivity contribution in [2.75, 3.05) is 7.11 Å². The quantitative estimate of drug-likeness (QED) is 0.418. The van der Waals surface area contributed by atoms with Crippen LogP contribution in [0.4, 0.5) is 0 Å². The molecule has 0 bridgehead atoms. The van der Waals surface area contributed by atoms with Crippen LogP contribution in [0, 0.1) is 0 Å². The molecule has 1 aromatic carbocycles. The Hall–Kier alpha value is -0.933. The van der Waals surface area contributed by atoms with Gasteiger partial charge in [-0.2, -0.15) is 0 Å². The molecule has 0 aliphatic rings. The smallest absolute Gasteiger partial charge is 0.265 e. The first-order chi connectivity index (χ1) is 10.2. The maximum absolute atomic E-state index is 6.55. The summed E-state index contributed by atoms with van der Waals surface area (Å²) in [5.41, 5.74) is 2.56. The fourth-order valence-electron chi connectivity index (χ4n) is 3.35. The molecule has 0 radical (unpaired) electrons. The van der Waals surface area contributed by atoms with Crippen molar-refractivity contribution in [3.8, 4) is 0 Å². The normalized spacial score (nSPS) is 13.1. The van der Waals surface area contributed by atoms with Gasteiger partial charge in [0.25, 0.3) is 14.3 Å². The second-order valence-corrected chi connectivity index (χ2v) is 12.5. The minimum atomic E-state index is -2.00. The van der Waals surface area contributed by atoms with E-state index in [9.17, 15) is 0 Å². The van der Waals surface area contributed by atoms with Crippen molar-refractivity contribution in [2.24, 2.45) is 0 Å². The van der Waals surface area contributed by atoms with Crippen molar-refractivity contribution in [2.45, 2.75) is 58.2 Å². The third kappa shape index (κ3) is 4.29. The minimum Gasteiger partial charge on any atom is -0.518 e. The molecule has 1 aromatic rings. The molecule has 0 aliphatic heterocycles. The summed E-state index contributed by atoms with van der Waals surface area (Å²) in [6.45, 7) is 13.6. The van der Waals surface area contributed by atoms with Gasteiger partial charge in [-0.3, -0.25) is 0 Å². The highest BCUT2D eigenvalue weighted by Crippen LogP contribution is 2.43. The Balaban J connectivity index is 3.15. The van der Waals surface area contributed by atoms with Gasteiger partial charge in [-0.1, -0.05) is 65.3 Å². The van der Waals surface area contributed by atoms with Gasteiger partial charge in [-0.15, -0.1) is 0 Å². The molecule has 4 heteroatoms. The second-order valence-electron chi connectivity index (χ2n) is 6.64. The lowest BCUT2D eigenvalue weighted by Gasteiger charge is -2.42. The number of methoxy groups -OCH3 is 1. The molecule has 124 valence electrons. The number of halogens is 1. The van der Waals surface area contributed by atoms with Crippen molar-refractivity contribution in [3.63, 3.8) is 0 Å². The van der Waals surface area contributed by atoms with Crippen LogP contribution in [-0.4, -0.2) is 15.4 Å². The Morgan fingerprint density at radius 2 is 1.41 bits per heavy atom. The van der Waals surface area contributed by atoms with E-state index in [-0.39, 0.29) is 0 Å². The van der Waals surface area contributed by atoms with E-state index >= 15 is 0 Å². The van der Waals surface area contributed by atoms with Crippen LogP contribution in [0.2, 0.25) is 21.6 Å². The molecule has 0 spiro atoms. The molecule has 1 rings (SSSR count). The maximum Gasteiger partial charge on any atom is 0.265 e. The lowest BCUT2D eigenvalue weighted by atomic mass is 10.2. The summed E-state index contributed by atoms with van der Waals surface area (Å²) in [4.78, 5) is 0. The van der Waals surface area contributed by atoms with Crippen LogP contribution in [-0.2, 0) is 9.16 Å². The van der Waals surface area contributed by atoms with Crippen LogP contribution in [0.15, 0.2) is 30.2 Å². The predicted molar refractivity (Wildman–Crippen MR) is 98.6 cm³/mol. The van der Waals surface area contributed by atoms with Gasteiger partial charge in [0, 0.05) is 11.1 Å². The standard InChI is InChI=1S/C18H29ClO2Si/c1-13(2)22(14(3)4,15(5)6)21-18(20-7)12-16-8-10-17(19)11-9-16/h8-15H,1-7H3/b18-12-. The SMILES string of the molecule is CO/C(=C/c1ccc(Cl)cc1)O[Si](C(C)C)(C(C)C)C(C)C. The van der Waals surface area contributed by atoms with Crippen LogP contribution >= 0.6 is 11.6 Å². The van der Waals surface area contributed by atoms with Gasteiger partial charge >= 0.3 is 0 Å². The van der Waals surface area contributed by atoms with Gasteiger partial charge < -0.3 is 9.16 Å². The molecule has 0 saturated carbocycles. The number of benzene rings is 1. The molecule has 0 heterocycles. The molecule has 0 fully saturated rings. The molecule has 0 amide bonds. The number of rotatable bonds is 7. The van der Waals surface area contributed by atoms with Crippen LogP contribution < -0.4 is 0 Å². The number of hydrogen-bond donors (Lipinski definition) is 0. The first-order valence-electron chi connectivity index (χ1n) is 7.94. The summed E-state index contributed by atoms with van der Waals surface area (Å²) in [5, 5.41) is 0.729. The molecule has 0 aromatic heterocycles. The van der Waals surface area contributed by atoms with Crippen molar-refractivity contribution in [1.29, 1.82) is 0 Å². The van der Waals surface area contributed by atoms with Gasteiger partial charge in [-0.05, 0) is 34.3 Å². The Bertz CT molecular complexity index is 471. The average Bonchev–Trinajstić information content (AvgIpc) is 2.44. The summed E-state index contributed by atoms with van der Waals surface area (Å²) in [5.74, 6) is 0.602. The maximum atomic E-state index is 6.55. The monoisotopic (exact) mass is 340 g/mol. The molecular formula is C18H29ClO2Si. The van der Waals surface area contributed by atoms with E-state index in [1.165, 1.54) is 0 Å². The van der Waals surface area contributed by atoms with E-state index in [2.05, 4.69) is 41.5 Å².